The first kappa shape index (κ1) is 16.8. The van der Waals surface area contributed by atoms with Gasteiger partial charge in [0.2, 0.25) is 10.0 Å². The number of sulfonamides is 1. The molecule has 0 saturated heterocycles. The van der Waals surface area contributed by atoms with Crippen LogP contribution in [0, 0.1) is 0 Å². The van der Waals surface area contributed by atoms with Crippen LogP contribution in [0.4, 0.5) is 5.69 Å². The molecule has 0 aliphatic heterocycles. The summed E-state index contributed by atoms with van der Waals surface area (Å²) in [4.78, 5) is 10.9. The molecule has 0 bridgehead atoms. The van der Waals surface area contributed by atoms with Crippen LogP contribution in [0.5, 0.6) is 11.5 Å². The molecule has 0 radical (unpaired) electrons. The van der Waals surface area contributed by atoms with E-state index in [1.165, 1.54) is 14.1 Å². The number of benzene rings is 2. The Hall–Kier alpha value is -2.58. The van der Waals surface area contributed by atoms with E-state index < -0.39 is 16.0 Å². The lowest BCUT2D eigenvalue weighted by Gasteiger charge is -2.18. The molecule has 2 aromatic rings. The van der Waals surface area contributed by atoms with Crippen molar-refractivity contribution in [3.63, 3.8) is 0 Å². The molecule has 0 saturated carbocycles. The van der Waals surface area contributed by atoms with Gasteiger partial charge in [-0.15, -0.1) is 0 Å². The van der Waals surface area contributed by atoms with Gasteiger partial charge < -0.3 is 15.6 Å². The van der Waals surface area contributed by atoms with Crippen LogP contribution >= 0.6 is 0 Å². The Morgan fingerprint density at radius 3 is 2.30 bits per heavy atom. The minimum atomic E-state index is -3.94. The highest BCUT2D eigenvalue weighted by molar-refractivity contribution is 7.89. The minimum Gasteiger partial charge on any atom is -0.478 e. The molecule has 8 heteroatoms. The smallest absolute Gasteiger partial charge is 0.335 e. The average molecular weight is 336 g/mol. The van der Waals surface area contributed by atoms with E-state index in [-0.39, 0.29) is 21.9 Å². The maximum absolute atomic E-state index is 12.5. The van der Waals surface area contributed by atoms with Crippen LogP contribution in [0.3, 0.4) is 0 Å². The zero-order valence-electron chi connectivity index (χ0n) is 12.6. The van der Waals surface area contributed by atoms with Crippen LogP contribution in [-0.2, 0) is 10.0 Å². The normalized spacial score (nSPS) is 11.4. The summed E-state index contributed by atoms with van der Waals surface area (Å²) >= 11 is 0. The third kappa shape index (κ3) is 3.43. The first-order valence-electron chi connectivity index (χ1n) is 6.55. The molecule has 0 aliphatic rings. The highest BCUT2D eigenvalue weighted by atomic mass is 32.2. The second kappa shape index (κ2) is 6.27. The van der Waals surface area contributed by atoms with Gasteiger partial charge in [0.15, 0.2) is 5.75 Å². The van der Waals surface area contributed by atoms with Crippen LogP contribution in [0.2, 0.25) is 0 Å². The van der Waals surface area contributed by atoms with Gasteiger partial charge in [0, 0.05) is 14.1 Å². The van der Waals surface area contributed by atoms with Crippen molar-refractivity contribution in [2.45, 2.75) is 4.90 Å². The van der Waals surface area contributed by atoms with Crippen LogP contribution in [0.1, 0.15) is 10.4 Å². The molecule has 0 aromatic heterocycles. The van der Waals surface area contributed by atoms with Gasteiger partial charge in [-0.05, 0) is 24.3 Å². The van der Waals surface area contributed by atoms with Crippen LogP contribution < -0.4 is 10.5 Å². The van der Waals surface area contributed by atoms with Crippen molar-refractivity contribution in [2.75, 3.05) is 19.8 Å². The van der Waals surface area contributed by atoms with Crippen LogP contribution in [0.15, 0.2) is 47.4 Å². The third-order valence-corrected chi connectivity index (χ3v) is 4.87. The Labute approximate surface area is 134 Å². The number of nitrogens with two attached hydrogens (primary N) is 1. The summed E-state index contributed by atoms with van der Waals surface area (Å²) in [6.45, 7) is 0. The summed E-state index contributed by atoms with van der Waals surface area (Å²) < 4.78 is 31.5. The van der Waals surface area contributed by atoms with Gasteiger partial charge in [0.05, 0.1) is 11.3 Å². The zero-order valence-corrected chi connectivity index (χ0v) is 13.4. The lowest BCUT2D eigenvalue weighted by atomic mass is 10.2. The van der Waals surface area contributed by atoms with Gasteiger partial charge in [-0.2, -0.15) is 0 Å². The van der Waals surface area contributed by atoms with Gasteiger partial charge in [0.25, 0.3) is 0 Å². The SMILES string of the molecule is CN(C)S(=O)(=O)c1cc(C(=O)O)cc(N)c1Oc1ccccc1. The van der Waals surface area contributed by atoms with Gasteiger partial charge >= 0.3 is 5.97 Å². The fourth-order valence-electron chi connectivity index (χ4n) is 1.85. The fourth-order valence-corrected chi connectivity index (χ4v) is 2.91. The molecule has 0 spiro atoms. The molecule has 0 unspecified atom stereocenters. The van der Waals surface area contributed by atoms with Crippen molar-refractivity contribution >= 4 is 21.7 Å². The first-order valence-corrected chi connectivity index (χ1v) is 7.99. The topological polar surface area (TPSA) is 110 Å². The van der Waals surface area contributed by atoms with Gasteiger partial charge in [-0.3, -0.25) is 0 Å². The van der Waals surface area contributed by atoms with E-state index in [2.05, 4.69) is 0 Å². The average Bonchev–Trinajstić information content (AvgIpc) is 2.49. The van der Waals surface area contributed by atoms with Crippen molar-refractivity contribution < 1.29 is 23.1 Å². The van der Waals surface area contributed by atoms with Crippen LogP contribution in [0.25, 0.3) is 0 Å². The fraction of sp³-hybridized carbons (Fsp3) is 0.133. The van der Waals surface area contributed by atoms with E-state index in [0.717, 1.165) is 16.4 Å². The Bertz CT molecular complexity index is 832. The Kier molecular flexibility index (Phi) is 4.57. The van der Waals surface area contributed by atoms with Gasteiger partial charge in [0.1, 0.15) is 10.6 Å². The molecule has 0 aliphatic carbocycles. The molecule has 0 fully saturated rings. The molecule has 3 N–H and O–H groups in total. The Morgan fingerprint density at radius 1 is 1.17 bits per heavy atom. The van der Waals surface area contributed by atoms with Crippen molar-refractivity contribution in [2.24, 2.45) is 0 Å². The van der Waals surface area contributed by atoms with Gasteiger partial charge in [-0.25, -0.2) is 17.5 Å². The summed E-state index contributed by atoms with van der Waals surface area (Å²) in [5.74, 6) is -0.995. The number of ether oxygens (including phenoxy) is 1. The second-order valence-electron chi connectivity index (χ2n) is 4.90. The monoisotopic (exact) mass is 336 g/mol. The highest BCUT2D eigenvalue weighted by Gasteiger charge is 2.26. The molecule has 23 heavy (non-hydrogen) atoms. The zero-order chi connectivity index (χ0) is 17.2. The molecular weight excluding hydrogens is 320 g/mol. The number of nitrogen functional groups attached to an aromatic ring is 1. The molecule has 2 rings (SSSR count). The lowest BCUT2D eigenvalue weighted by Crippen LogP contribution is -2.23. The molecule has 0 amide bonds. The van der Waals surface area contributed by atoms with E-state index in [4.69, 9.17) is 15.6 Å². The van der Waals surface area contributed by atoms with E-state index >= 15 is 0 Å². The largest absolute Gasteiger partial charge is 0.478 e. The maximum atomic E-state index is 12.5. The van der Waals surface area contributed by atoms with E-state index in [1.807, 2.05) is 0 Å². The molecule has 122 valence electrons. The summed E-state index contributed by atoms with van der Waals surface area (Å²) in [6, 6.07) is 10.7. The van der Waals surface area contributed by atoms with E-state index in [1.54, 1.807) is 30.3 Å². The number of nitrogens with zero attached hydrogens (tertiary/aromatic N) is 1. The molecule has 7 nitrogen and oxygen atoms in total. The van der Waals surface area contributed by atoms with E-state index in [0.29, 0.717) is 5.75 Å². The molecule has 0 atom stereocenters. The summed E-state index contributed by atoms with van der Waals surface area (Å²) in [6.07, 6.45) is 0. The standard InChI is InChI=1S/C15H16N2O5S/c1-17(2)23(20,21)13-9-10(15(18)19)8-12(16)14(13)22-11-6-4-3-5-7-11/h3-9H,16H2,1-2H3,(H,18,19). The minimum absolute atomic E-state index is 0.0748. The highest BCUT2D eigenvalue weighted by Crippen LogP contribution is 2.36. The number of carboxylic acid groups (broad SMARTS) is 1. The Balaban J connectivity index is 2.67. The Morgan fingerprint density at radius 2 is 1.78 bits per heavy atom. The van der Waals surface area contributed by atoms with Gasteiger partial charge in [-0.1, -0.05) is 18.2 Å². The number of hydrogen-bond acceptors (Lipinski definition) is 5. The lowest BCUT2D eigenvalue weighted by molar-refractivity contribution is 0.0696. The van der Waals surface area contributed by atoms with Crippen LogP contribution in [-0.4, -0.2) is 37.9 Å². The number of anilines is 1. The number of rotatable bonds is 5. The number of hydrogen-bond donors (Lipinski definition) is 2. The quantitative estimate of drug-likeness (QED) is 0.808. The predicted molar refractivity (Wildman–Crippen MR) is 85.2 cm³/mol. The summed E-state index contributed by atoms with van der Waals surface area (Å²) in [5, 5.41) is 9.11. The van der Waals surface area contributed by atoms with Crippen molar-refractivity contribution in [1.29, 1.82) is 0 Å². The molecular formula is C15H16N2O5S. The van der Waals surface area contributed by atoms with Crippen molar-refractivity contribution in [3.05, 3.63) is 48.0 Å². The second-order valence-corrected chi connectivity index (χ2v) is 7.02. The summed E-state index contributed by atoms with van der Waals surface area (Å²) in [5.41, 5.74) is 5.53. The number of aromatic carboxylic acids is 1. The first-order chi connectivity index (χ1) is 10.7. The van der Waals surface area contributed by atoms with Crippen molar-refractivity contribution in [1.82, 2.24) is 4.31 Å². The number of carboxylic acids is 1. The maximum Gasteiger partial charge on any atom is 0.335 e. The third-order valence-electron chi connectivity index (χ3n) is 3.05. The number of carbonyl (C=O) groups is 1. The number of para-hydroxylation sites is 1. The molecule has 0 heterocycles. The van der Waals surface area contributed by atoms with Crippen molar-refractivity contribution in [3.8, 4) is 11.5 Å². The summed E-state index contributed by atoms with van der Waals surface area (Å²) in [7, 11) is -1.26. The molecule has 2 aromatic carbocycles. The predicted octanol–water partition coefficient (Wildman–Crippen LogP) is 2.01. The van der Waals surface area contributed by atoms with E-state index in [9.17, 15) is 13.2 Å².